The van der Waals surface area contributed by atoms with Crippen molar-refractivity contribution in [1.82, 2.24) is 14.5 Å². The number of carbonyl (C=O) groups is 1. The van der Waals surface area contributed by atoms with Gasteiger partial charge in [-0.2, -0.15) is 4.98 Å². The Morgan fingerprint density at radius 1 is 0.938 bits per heavy atom. The molecule has 3 aliphatic rings. The van der Waals surface area contributed by atoms with Crippen LogP contribution in [0.2, 0.25) is 0 Å². The van der Waals surface area contributed by atoms with Gasteiger partial charge < -0.3 is 14.6 Å². The van der Waals surface area contributed by atoms with Crippen LogP contribution in [0.25, 0.3) is 10.8 Å². The van der Waals surface area contributed by atoms with E-state index in [0.29, 0.717) is 24.8 Å². The molecule has 2 heterocycles. The molecule has 1 aliphatic heterocycles. The van der Waals surface area contributed by atoms with Gasteiger partial charge in [-0.3, -0.25) is 9.59 Å². The van der Waals surface area contributed by atoms with E-state index in [-0.39, 0.29) is 23.6 Å². The molecule has 164 valence electrons. The van der Waals surface area contributed by atoms with Crippen molar-refractivity contribution in [2.45, 2.75) is 57.0 Å². The lowest BCUT2D eigenvalue weighted by molar-refractivity contribution is 0.0678. The molecule has 0 saturated heterocycles. The minimum atomic E-state index is -0.694. The first kappa shape index (κ1) is 19.5. The van der Waals surface area contributed by atoms with Gasteiger partial charge in [0, 0.05) is 25.0 Å². The van der Waals surface area contributed by atoms with Crippen molar-refractivity contribution in [3.8, 4) is 5.75 Å². The van der Waals surface area contributed by atoms with Crippen LogP contribution in [0.5, 0.6) is 5.75 Å². The van der Waals surface area contributed by atoms with Gasteiger partial charge in [0.1, 0.15) is 5.82 Å². The Hall–Kier alpha value is -3.15. The Balaban J connectivity index is 1.58. The third kappa shape index (κ3) is 3.04. The van der Waals surface area contributed by atoms with Crippen molar-refractivity contribution in [2.75, 3.05) is 6.54 Å². The number of benzene rings is 2. The largest absolute Gasteiger partial charge is 0.501 e. The lowest BCUT2D eigenvalue weighted by Gasteiger charge is -2.34. The predicted octanol–water partition coefficient (Wildman–Crippen LogP) is 4.04. The molecular formula is C26H27N3O3. The summed E-state index contributed by atoms with van der Waals surface area (Å²) in [5.41, 5.74) is 0.584. The summed E-state index contributed by atoms with van der Waals surface area (Å²) in [6.45, 7) is 1.15. The van der Waals surface area contributed by atoms with Crippen molar-refractivity contribution in [3.05, 3.63) is 69.9 Å². The second kappa shape index (κ2) is 7.47. The van der Waals surface area contributed by atoms with Crippen LogP contribution in [0.4, 0.5) is 0 Å². The molecule has 0 radical (unpaired) electrons. The number of nitrogens with zero attached hydrogens (tertiary/aromatic N) is 3. The monoisotopic (exact) mass is 429 g/mol. The highest BCUT2D eigenvalue weighted by Crippen LogP contribution is 2.44. The molecule has 2 saturated carbocycles. The van der Waals surface area contributed by atoms with Gasteiger partial charge in [0.2, 0.25) is 5.75 Å². The Labute approximate surface area is 186 Å². The Morgan fingerprint density at radius 3 is 2.47 bits per heavy atom. The van der Waals surface area contributed by atoms with Gasteiger partial charge >= 0.3 is 5.56 Å². The molecule has 32 heavy (non-hydrogen) atoms. The van der Waals surface area contributed by atoms with Crippen LogP contribution < -0.4 is 5.56 Å². The number of aromatic hydroxyl groups is 1. The number of amides is 1. The van der Waals surface area contributed by atoms with Crippen molar-refractivity contribution >= 4 is 16.7 Å². The number of fused-ring (bicyclic) bond motifs is 2. The molecule has 2 aliphatic carbocycles. The number of carbonyl (C=O) groups excluding carboxylic acids is 1. The normalized spacial score (nSPS) is 20.0. The fraction of sp³-hybridized carbons (Fsp3) is 0.423. The standard InChI is InChI=1S/C26H27N3O3/c30-23-22-26(32)28(18-12-13-18)14-15-29(22)24(27-25(23)31)21(17-7-1-2-8-17)20-11-5-9-16-6-3-4-10-19(16)20/h3-6,9-11,17-18,21,30H,1-2,7-8,12-15H2. The number of aromatic nitrogens is 2. The van der Waals surface area contributed by atoms with E-state index in [1.807, 2.05) is 21.6 Å². The van der Waals surface area contributed by atoms with E-state index >= 15 is 0 Å². The summed E-state index contributed by atoms with van der Waals surface area (Å²) in [4.78, 5) is 32.4. The smallest absolute Gasteiger partial charge is 0.315 e. The minimum Gasteiger partial charge on any atom is -0.501 e. The maximum Gasteiger partial charge on any atom is 0.315 e. The van der Waals surface area contributed by atoms with E-state index in [0.717, 1.165) is 54.9 Å². The molecule has 0 bridgehead atoms. The second-order valence-electron chi connectivity index (χ2n) is 9.44. The first-order chi connectivity index (χ1) is 15.6. The third-order valence-electron chi connectivity index (χ3n) is 7.51. The molecule has 1 amide bonds. The fourth-order valence-electron chi connectivity index (χ4n) is 5.84. The molecule has 1 aromatic heterocycles. The summed E-state index contributed by atoms with van der Waals surface area (Å²) >= 11 is 0. The molecular weight excluding hydrogens is 402 g/mol. The Bertz CT molecular complexity index is 1270. The number of hydrogen-bond acceptors (Lipinski definition) is 4. The Morgan fingerprint density at radius 2 is 1.69 bits per heavy atom. The third-order valence-corrected chi connectivity index (χ3v) is 7.51. The quantitative estimate of drug-likeness (QED) is 0.679. The first-order valence-corrected chi connectivity index (χ1v) is 11.8. The minimum absolute atomic E-state index is 0.0871. The molecule has 6 nitrogen and oxygen atoms in total. The zero-order valence-corrected chi connectivity index (χ0v) is 18.0. The zero-order valence-electron chi connectivity index (χ0n) is 18.0. The van der Waals surface area contributed by atoms with Crippen LogP contribution in [0.3, 0.4) is 0 Å². The van der Waals surface area contributed by atoms with E-state index in [2.05, 4.69) is 35.3 Å². The molecule has 1 atom stereocenters. The van der Waals surface area contributed by atoms with Gasteiger partial charge in [-0.05, 0) is 47.9 Å². The van der Waals surface area contributed by atoms with Gasteiger partial charge in [0.15, 0.2) is 5.69 Å². The van der Waals surface area contributed by atoms with Gasteiger partial charge in [-0.1, -0.05) is 55.3 Å². The summed E-state index contributed by atoms with van der Waals surface area (Å²) in [5.74, 6) is 0.156. The maximum absolute atomic E-state index is 13.3. The van der Waals surface area contributed by atoms with E-state index in [9.17, 15) is 14.7 Å². The highest BCUT2D eigenvalue weighted by Gasteiger charge is 2.41. The van der Waals surface area contributed by atoms with Crippen molar-refractivity contribution in [3.63, 3.8) is 0 Å². The van der Waals surface area contributed by atoms with Crippen LogP contribution in [0.1, 0.15) is 66.3 Å². The lowest BCUT2D eigenvalue weighted by Crippen LogP contribution is -2.45. The summed E-state index contributed by atoms with van der Waals surface area (Å²) < 4.78 is 1.85. The maximum atomic E-state index is 13.3. The second-order valence-corrected chi connectivity index (χ2v) is 9.44. The highest BCUT2D eigenvalue weighted by atomic mass is 16.3. The zero-order chi connectivity index (χ0) is 21.8. The summed E-state index contributed by atoms with van der Waals surface area (Å²) in [6.07, 6.45) is 6.46. The van der Waals surface area contributed by atoms with Gasteiger partial charge in [-0.25, -0.2) is 0 Å². The summed E-state index contributed by atoms with van der Waals surface area (Å²) in [6, 6.07) is 14.9. The summed E-state index contributed by atoms with van der Waals surface area (Å²) in [5, 5.41) is 12.9. The molecule has 2 aromatic carbocycles. The SMILES string of the molecule is O=C1c2c(O)c(=O)nc(C(c3cccc4ccccc34)C3CCCC3)n2CCN1C1CC1. The van der Waals surface area contributed by atoms with E-state index in [1.165, 1.54) is 0 Å². The van der Waals surface area contributed by atoms with Crippen LogP contribution in [-0.4, -0.2) is 38.1 Å². The molecule has 6 heteroatoms. The average Bonchev–Trinajstić information content (AvgIpc) is 3.51. The highest BCUT2D eigenvalue weighted by molar-refractivity contribution is 5.96. The van der Waals surface area contributed by atoms with Crippen molar-refractivity contribution in [2.24, 2.45) is 5.92 Å². The average molecular weight is 430 g/mol. The van der Waals surface area contributed by atoms with Crippen molar-refractivity contribution < 1.29 is 9.90 Å². The van der Waals surface area contributed by atoms with Crippen LogP contribution >= 0.6 is 0 Å². The molecule has 3 aromatic rings. The molecule has 6 rings (SSSR count). The molecule has 2 fully saturated rings. The van der Waals surface area contributed by atoms with E-state index in [4.69, 9.17) is 0 Å². The Kier molecular flexibility index (Phi) is 4.56. The van der Waals surface area contributed by atoms with Gasteiger partial charge in [-0.15, -0.1) is 0 Å². The topological polar surface area (TPSA) is 75.4 Å². The summed E-state index contributed by atoms with van der Waals surface area (Å²) in [7, 11) is 0. The molecule has 1 unspecified atom stereocenters. The van der Waals surface area contributed by atoms with Crippen LogP contribution in [0.15, 0.2) is 47.3 Å². The van der Waals surface area contributed by atoms with E-state index in [1.54, 1.807) is 0 Å². The van der Waals surface area contributed by atoms with Gasteiger partial charge in [0.25, 0.3) is 5.91 Å². The molecule has 0 spiro atoms. The van der Waals surface area contributed by atoms with Crippen molar-refractivity contribution in [1.29, 1.82) is 0 Å². The molecule has 1 N–H and O–H groups in total. The number of hydrogen-bond donors (Lipinski definition) is 1. The van der Waals surface area contributed by atoms with Crippen LogP contribution in [-0.2, 0) is 6.54 Å². The fourth-order valence-corrected chi connectivity index (χ4v) is 5.84. The first-order valence-electron chi connectivity index (χ1n) is 11.8. The lowest BCUT2D eigenvalue weighted by atomic mass is 9.81. The predicted molar refractivity (Wildman–Crippen MR) is 122 cm³/mol. The van der Waals surface area contributed by atoms with Crippen LogP contribution in [0, 0.1) is 5.92 Å². The van der Waals surface area contributed by atoms with Gasteiger partial charge in [0.05, 0.1) is 0 Å². The number of rotatable bonds is 4. The van der Waals surface area contributed by atoms with E-state index < -0.39 is 11.3 Å².